The maximum absolute atomic E-state index is 13.8. The highest BCUT2D eigenvalue weighted by Gasteiger charge is 2.43. The van der Waals surface area contributed by atoms with Crippen molar-refractivity contribution in [1.29, 1.82) is 0 Å². The van der Waals surface area contributed by atoms with Gasteiger partial charge >= 0.3 is 0 Å². The maximum Gasteiger partial charge on any atom is 0.255 e. The van der Waals surface area contributed by atoms with Crippen LogP contribution in [0.4, 0.5) is 0 Å². The quantitative estimate of drug-likeness (QED) is 0.622. The third-order valence-corrected chi connectivity index (χ3v) is 8.05. The zero-order valence-electron chi connectivity index (χ0n) is 21.8. The molecule has 3 aliphatic rings. The number of nitrogens with zero attached hydrogens (tertiary/aromatic N) is 2. The molecular formula is C30H37N3O4. The summed E-state index contributed by atoms with van der Waals surface area (Å²) in [4.78, 5) is 43.5. The van der Waals surface area contributed by atoms with Gasteiger partial charge in [0.25, 0.3) is 5.91 Å². The van der Waals surface area contributed by atoms with Gasteiger partial charge in [0, 0.05) is 38.4 Å². The van der Waals surface area contributed by atoms with Crippen molar-refractivity contribution in [3.8, 4) is 0 Å². The molecule has 2 unspecified atom stereocenters. The molecule has 2 aromatic carbocycles. The first-order valence-corrected chi connectivity index (χ1v) is 13.6. The van der Waals surface area contributed by atoms with Gasteiger partial charge in [-0.1, -0.05) is 56.3 Å². The Balaban J connectivity index is 1.22. The molecule has 7 heteroatoms. The van der Waals surface area contributed by atoms with Gasteiger partial charge in [0.15, 0.2) is 0 Å². The van der Waals surface area contributed by atoms with Gasteiger partial charge in [-0.2, -0.15) is 0 Å². The van der Waals surface area contributed by atoms with Gasteiger partial charge in [-0.05, 0) is 60.3 Å². The normalized spacial score (nSPS) is 20.8. The monoisotopic (exact) mass is 503 g/mol. The predicted octanol–water partition coefficient (Wildman–Crippen LogP) is 3.87. The van der Waals surface area contributed by atoms with E-state index in [4.69, 9.17) is 4.74 Å². The van der Waals surface area contributed by atoms with Gasteiger partial charge in [-0.3, -0.25) is 14.4 Å². The number of ether oxygens (including phenoxy) is 1. The third-order valence-electron chi connectivity index (χ3n) is 8.05. The number of nitrogens with one attached hydrogen (secondary N) is 1. The summed E-state index contributed by atoms with van der Waals surface area (Å²) in [6.45, 7) is 6.96. The molecule has 3 heterocycles. The van der Waals surface area contributed by atoms with Gasteiger partial charge in [0.05, 0.1) is 0 Å². The molecule has 0 radical (unpaired) electrons. The lowest BCUT2D eigenvalue weighted by Gasteiger charge is -2.35. The van der Waals surface area contributed by atoms with Gasteiger partial charge in [-0.25, -0.2) is 0 Å². The molecule has 3 aliphatic heterocycles. The number of carbonyl (C=O) groups is 3. The van der Waals surface area contributed by atoms with Crippen LogP contribution < -0.4 is 5.32 Å². The largest absolute Gasteiger partial charge is 0.381 e. The molecule has 7 nitrogen and oxygen atoms in total. The van der Waals surface area contributed by atoms with E-state index < -0.39 is 12.1 Å². The average molecular weight is 504 g/mol. The summed E-state index contributed by atoms with van der Waals surface area (Å²) in [5.74, 6) is 0.114. The van der Waals surface area contributed by atoms with Crippen molar-refractivity contribution in [3.05, 3.63) is 70.8 Å². The molecule has 196 valence electrons. The number of hydrogen-bond acceptors (Lipinski definition) is 4. The van der Waals surface area contributed by atoms with E-state index in [0.717, 1.165) is 43.6 Å². The lowest BCUT2D eigenvalue weighted by atomic mass is 9.91. The van der Waals surface area contributed by atoms with E-state index in [1.165, 1.54) is 5.56 Å². The van der Waals surface area contributed by atoms with Gasteiger partial charge in [-0.15, -0.1) is 0 Å². The Kier molecular flexibility index (Phi) is 7.60. The molecule has 2 saturated heterocycles. The van der Waals surface area contributed by atoms with E-state index in [0.29, 0.717) is 37.5 Å². The zero-order chi connectivity index (χ0) is 25.9. The van der Waals surface area contributed by atoms with Crippen LogP contribution in [0.5, 0.6) is 0 Å². The summed E-state index contributed by atoms with van der Waals surface area (Å²) in [6, 6.07) is 14.9. The molecule has 2 atom stereocenters. The minimum absolute atomic E-state index is 0.0654. The van der Waals surface area contributed by atoms with E-state index in [2.05, 4.69) is 29.6 Å². The molecule has 0 bridgehead atoms. The number of hydrogen-bond donors (Lipinski definition) is 1. The number of rotatable bonds is 7. The number of fused-ring (bicyclic) bond motifs is 1. The van der Waals surface area contributed by atoms with E-state index in [1.807, 2.05) is 38.1 Å². The molecule has 0 aliphatic carbocycles. The summed E-state index contributed by atoms with van der Waals surface area (Å²) in [5.41, 5.74) is 3.98. The Bertz CT molecular complexity index is 1140. The summed E-state index contributed by atoms with van der Waals surface area (Å²) in [6.07, 6.45) is 3.52. The molecular weight excluding hydrogens is 466 g/mol. The van der Waals surface area contributed by atoms with Crippen molar-refractivity contribution in [2.75, 3.05) is 19.8 Å². The maximum atomic E-state index is 13.8. The van der Waals surface area contributed by atoms with Crippen molar-refractivity contribution in [2.45, 2.75) is 70.6 Å². The topological polar surface area (TPSA) is 79.0 Å². The molecule has 2 fully saturated rings. The van der Waals surface area contributed by atoms with Crippen LogP contribution in [0.1, 0.15) is 72.5 Å². The Labute approximate surface area is 219 Å². The number of likely N-dealkylation sites (tertiary alicyclic amines) is 1. The fourth-order valence-corrected chi connectivity index (χ4v) is 6.00. The van der Waals surface area contributed by atoms with Crippen LogP contribution in [0, 0.1) is 5.92 Å². The second kappa shape index (κ2) is 11.1. The minimum atomic E-state index is -0.592. The fourth-order valence-electron chi connectivity index (χ4n) is 6.00. The van der Waals surface area contributed by atoms with Crippen molar-refractivity contribution in [3.63, 3.8) is 0 Å². The van der Waals surface area contributed by atoms with Crippen LogP contribution in [-0.2, 0) is 27.4 Å². The van der Waals surface area contributed by atoms with Gasteiger partial charge < -0.3 is 19.9 Å². The molecule has 3 amide bonds. The first-order chi connectivity index (χ1) is 17.9. The predicted molar refractivity (Wildman–Crippen MR) is 141 cm³/mol. The van der Waals surface area contributed by atoms with E-state index in [9.17, 15) is 14.4 Å². The first-order valence-electron chi connectivity index (χ1n) is 13.6. The second-order valence-electron chi connectivity index (χ2n) is 10.8. The highest BCUT2D eigenvalue weighted by atomic mass is 16.5. The number of amides is 3. The van der Waals surface area contributed by atoms with Crippen LogP contribution in [0.3, 0.4) is 0 Å². The van der Waals surface area contributed by atoms with Crippen molar-refractivity contribution < 1.29 is 19.1 Å². The molecule has 1 N–H and O–H groups in total. The lowest BCUT2D eigenvalue weighted by molar-refractivity contribution is -0.143. The van der Waals surface area contributed by atoms with Gasteiger partial charge in [0.1, 0.15) is 12.1 Å². The van der Waals surface area contributed by atoms with Gasteiger partial charge in [0.2, 0.25) is 11.8 Å². The fraction of sp³-hybridized carbons (Fsp3) is 0.500. The highest BCUT2D eigenvalue weighted by Crippen LogP contribution is 2.30. The summed E-state index contributed by atoms with van der Waals surface area (Å²) in [5, 5.41) is 3.05. The van der Waals surface area contributed by atoms with E-state index in [-0.39, 0.29) is 23.6 Å². The number of carbonyl (C=O) groups excluding carboxylic acids is 3. The van der Waals surface area contributed by atoms with Crippen LogP contribution in [-0.4, -0.2) is 59.4 Å². The molecule has 0 saturated carbocycles. The first kappa shape index (κ1) is 25.5. The van der Waals surface area contributed by atoms with Crippen LogP contribution in [0.2, 0.25) is 0 Å². The summed E-state index contributed by atoms with van der Waals surface area (Å²) >= 11 is 0. The Morgan fingerprint density at radius 3 is 2.46 bits per heavy atom. The molecule has 2 aromatic rings. The zero-order valence-corrected chi connectivity index (χ0v) is 21.8. The SMILES string of the molecule is CC(C)C(C(=O)N1CCCC1C(=O)NCc1ccc(C2CCOCC2)cc1)N1Cc2ccccc2C1=O. The number of benzene rings is 2. The minimum Gasteiger partial charge on any atom is -0.381 e. The standard InChI is InChI=1S/C30H37N3O4/c1-20(2)27(33-19-24-6-3-4-7-25(24)29(33)35)30(36)32-15-5-8-26(32)28(34)31-18-21-9-11-22(12-10-21)23-13-16-37-17-14-23/h3-4,6-7,9-12,20,23,26-27H,5,8,13-19H2,1-2H3,(H,31,34). The van der Waals surface area contributed by atoms with Crippen molar-refractivity contribution in [1.82, 2.24) is 15.1 Å². The highest BCUT2D eigenvalue weighted by molar-refractivity contribution is 6.01. The molecule has 0 spiro atoms. The van der Waals surface area contributed by atoms with Crippen LogP contribution in [0.25, 0.3) is 0 Å². The lowest BCUT2D eigenvalue weighted by Crippen LogP contribution is -2.55. The summed E-state index contributed by atoms with van der Waals surface area (Å²) < 4.78 is 5.47. The molecule has 5 rings (SSSR count). The Morgan fingerprint density at radius 2 is 1.76 bits per heavy atom. The van der Waals surface area contributed by atoms with Crippen LogP contribution in [0.15, 0.2) is 48.5 Å². The van der Waals surface area contributed by atoms with E-state index in [1.54, 1.807) is 9.80 Å². The molecule has 37 heavy (non-hydrogen) atoms. The smallest absolute Gasteiger partial charge is 0.255 e. The average Bonchev–Trinajstić information content (AvgIpc) is 3.54. The molecule has 0 aromatic heterocycles. The van der Waals surface area contributed by atoms with Crippen LogP contribution >= 0.6 is 0 Å². The van der Waals surface area contributed by atoms with Crippen molar-refractivity contribution in [2.24, 2.45) is 5.92 Å². The van der Waals surface area contributed by atoms with Crippen molar-refractivity contribution >= 4 is 17.7 Å². The Morgan fingerprint density at radius 1 is 1.03 bits per heavy atom. The second-order valence-corrected chi connectivity index (χ2v) is 10.8. The third kappa shape index (κ3) is 5.28. The summed E-state index contributed by atoms with van der Waals surface area (Å²) in [7, 11) is 0. The van der Waals surface area contributed by atoms with E-state index >= 15 is 0 Å². The Hall–Kier alpha value is -3.19.